The second-order valence-corrected chi connectivity index (χ2v) is 5.73. The Bertz CT molecular complexity index is 239. The van der Waals surface area contributed by atoms with E-state index < -0.39 is 5.97 Å². The average molecular weight is 341 g/mol. The van der Waals surface area contributed by atoms with Crippen LogP contribution in [0.5, 0.6) is 0 Å². The minimum Gasteiger partial charge on any atom is -0.481 e. The number of carboxylic acid groups (broad SMARTS) is 1. The van der Waals surface area contributed by atoms with Gasteiger partial charge in [-0.15, -0.1) is 0 Å². The number of unbranched alkanes of at least 4 members (excludes halogenated alkanes) is 11. The maximum Gasteiger partial charge on any atom is 0.303 e. The zero-order chi connectivity index (χ0) is 14.9. The van der Waals surface area contributed by atoms with E-state index in [1.807, 2.05) is 0 Å². The van der Waals surface area contributed by atoms with Crippen molar-refractivity contribution < 1.29 is 26.4 Å². The molecule has 0 rings (SSSR count). The molecule has 128 valence electrons. The molecule has 0 heterocycles. The molecular weight excluding hydrogens is 307 g/mol. The van der Waals surface area contributed by atoms with E-state index in [0.717, 1.165) is 12.8 Å². The normalized spacial score (nSPS) is 10.7. The molecule has 0 aromatic carbocycles. The first-order valence-corrected chi connectivity index (χ1v) is 8.64. The summed E-state index contributed by atoms with van der Waals surface area (Å²) in [6.45, 7) is 2.26. The van der Waals surface area contributed by atoms with Crippen molar-refractivity contribution in [2.75, 3.05) is 0 Å². The van der Waals surface area contributed by atoms with Crippen molar-refractivity contribution in [1.82, 2.24) is 0 Å². The Morgan fingerprint density at radius 3 is 1.67 bits per heavy atom. The monoisotopic (exact) mass is 340 g/mol. The van der Waals surface area contributed by atoms with Crippen LogP contribution < -0.4 is 0 Å². The van der Waals surface area contributed by atoms with Crippen LogP contribution in [0.25, 0.3) is 0 Å². The summed E-state index contributed by atoms with van der Waals surface area (Å²) in [6.07, 6.45) is 21.2. The van der Waals surface area contributed by atoms with Gasteiger partial charge in [0.25, 0.3) is 0 Å². The number of hydrogen-bond acceptors (Lipinski definition) is 1. The fourth-order valence-electron chi connectivity index (χ4n) is 2.35. The van der Waals surface area contributed by atoms with Gasteiger partial charge in [-0.2, -0.15) is 0 Å². The van der Waals surface area contributed by atoms with Gasteiger partial charge < -0.3 is 5.11 Å². The summed E-state index contributed by atoms with van der Waals surface area (Å²) in [5.74, 6) is -0.664. The number of aliphatic carboxylic acids is 1. The summed E-state index contributed by atoms with van der Waals surface area (Å²) in [5, 5.41) is 8.51. The molecule has 3 heteroatoms. The molecule has 21 heavy (non-hydrogen) atoms. The SMILES string of the molecule is CCCCCCCC/C=C\CCCCCCCC(=O)O.[Ni]. The second-order valence-electron chi connectivity index (χ2n) is 5.73. The first-order chi connectivity index (χ1) is 9.77. The predicted octanol–water partition coefficient (Wildman–Crippen LogP) is 6.11. The molecule has 0 aliphatic rings. The maximum absolute atomic E-state index is 10.3. The fourth-order valence-corrected chi connectivity index (χ4v) is 2.35. The number of carboxylic acids is 1. The van der Waals surface area contributed by atoms with Gasteiger partial charge in [0.05, 0.1) is 0 Å². The van der Waals surface area contributed by atoms with Gasteiger partial charge in [-0.05, 0) is 32.1 Å². The van der Waals surface area contributed by atoms with Crippen molar-refractivity contribution in [1.29, 1.82) is 0 Å². The minimum absolute atomic E-state index is 0. The first kappa shape index (κ1) is 23.0. The van der Waals surface area contributed by atoms with Gasteiger partial charge in [-0.3, -0.25) is 4.79 Å². The van der Waals surface area contributed by atoms with E-state index in [1.54, 1.807) is 0 Å². The van der Waals surface area contributed by atoms with Crippen LogP contribution in [0.2, 0.25) is 0 Å². The fraction of sp³-hybridized carbons (Fsp3) is 0.833. The van der Waals surface area contributed by atoms with Crippen molar-refractivity contribution in [2.45, 2.75) is 96.8 Å². The zero-order valence-corrected chi connectivity index (χ0v) is 14.7. The number of allylic oxidation sites excluding steroid dienone is 2. The molecule has 0 aliphatic heterocycles. The molecule has 0 atom stereocenters. The van der Waals surface area contributed by atoms with Crippen LogP contribution >= 0.6 is 0 Å². The summed E-state index contributed by atoms with van der Waals surface area (Å²) in [6, 6.07) is 0. The molecule has 0 fully saturated rings. The average Bonchev–Trinajstić information content (AvgIpc) is 2.43. The van der Waals surface area contributed by atoms with E-state index in [9.17, 15) is 4.79 Å². The largest absolute Gasteiger partial charge is 0.481 e. The van der Waals surface area contributed by atoms with Crippen LogP contribution in [0.4, 0.5) is 0 Å². The zero-order valence-electron chi connectivity index (χ0n) is 13.7. The quantitative estimate of drug-likeness (QED) is 0.222. The third-order valence-corrected chi connectivity index (χ3v) is 3.65. The Morgan fingerprint density at radius 1 is 0.762 bits per heavy atom. The molecule has 0 amide bonds. The van der Waals surface area contributed by atoms with E-state index in [-0.39, 0.29) is 16.5 Å². The maximum atomic E-state index is 10.3. The summed E-state index contributed by atoms with van der Waals surface area (Å²) in [7, 11) is 0. The Labute approximate surface area is 141 Å². The number of rotatable bonds is 15. The smallest absolute Gasteiger partial charge is 0.303 e. The third kappa shape index (κ3) is 22.1. The van der Waals surface area contributed by atoms with Crippen LogP contribution in [0.1, 0.15) is 96.8 Å². The molecule has 0 unspecified atom stereocenters. The standard InChI is InChI=1S/C18H34O2.Ni/c1-2-3-4-5-6-7-8-9-10-11-12-13-14-15-16-17-18(19)20;/h9-10H,2-8,11-17H2,1H3,(H,19,20);/b10-9-;. The number of carbonyl (C=O) groups is 1. The van der Waals surface area contributed by atoms with Crippen molar-refractivity contribution >= 4 is 5.97 Å². The molecule has 0 aromatic rings. The Morgan fingerprint density at radius 2 is 1.19 bits per heavy atom. The summed E-state index contributed by atoms with van der Waals surface area (Å²) in [4.78, 5) is 10.3. The van der Waals surface area contributed by atoms with E-state index in [2.05, 4.69) is 19.1 Å². The van der Waals surface area contributed by atoms with E-state index in [1.165, 1.54) is 70.6 Å². The van der Waals surface area contributed by atoms with Crippen LogP contribution in [0.15, 0.2) is 12.2 Å². The van der Waals surface area contributed by atoms with Crippen molar-refractivity contribution in [3.63, 3.8) is 0 Å². The predicted molar refractivity (Wildman–Crippen MR) is 87.1 cm³/mol. The molecule has 2 nitrogen and oxygen atoms in total. The van der Waals surface area contributed by atoms with Gasteiger partial charge in [-0.1, -0.05) is 70.4 Å². The Balaban J connectivity index is 0. The Kier molecular flexibility index (Phi) is 21.6. The van der Waals surface area contributed by atoms with Gasteiger partial charge in [0.15, 0.2) is 0 Å². The molecule has 0 bridgehead atoms. The van der Waals surface area contributed by atoms with Crippen LogP contribution in [-0.2, 0) is 21.3 Å². The first-order valence-electron chi connectivity index (χ1n) is 8.64. The second kappa shape index (κ2) is 19.7. The van der Waals surface area contributed by atoms with Gasteiger partial charge in [-0.25, -0.2) is 0 Å². The molecule has 0 radical (unpaired) electrons. The van der Waals surface area contributed by atoms with Gasteiger partial charge in [0, 0.05) is 22.9 Å². The minimum atomic E-state index is -0.664. The van der Waals surface area contributed by atoms with Crippen molar-refractivity contribution in [3.05, 3.63) is 12.2 Å². The van der Waals surface area contributed by atoms with Crippen LogP contribution in [0, 0.1) is 0 Å². The molecular formula is C18H34NiO2. The van der Waals surface area contributed by atoms with Gasteiger partial charge in [0.1, 0.15) is 0 Å². The van der Waals surface area contributed by atoms with Crippen LogP contribution in [-0.4, -0.2) is 11.1 Å². The van der Waals surface area contributed by atoms with Gasteiger partial charge in [0.2, 0.25) is 0 Å². The molecule has 0 aliphatic carbocycles. The molecule has 0 spiro atoms. The summed E-state index contributed by atoms with van der Waals surface area (Å²) in [5.41, 5.74) is 0. The summed E-state index contributed by atoms with van der Waals surface area (Å²) < 4.78 is 0. The molecule has 1 N–H and O–H groups in total. The van der Waals surface area contributed by atoms with E-state index >= 15 is 0 Å². The summed E-state index contributed by atoms with van der Waals surface area (Å²) >= 11 is 0. The third-order valence-electron chi connectivity index (χ3n) is 3.65. The van der Waals surface area contributed by atoms with E-state index in [0.29, 0.717) is 6.42 Å². The van der Waals surface area contributed by atoms with Gasteiger partial charge >= 0.3 is 5.97 Å². The van der Waals surface area contributed by atoms with Crippen LogP contribution in [0.3, 0.4) is 0 Å². The topological polar surface area (TPSA) is 37.3 Å². The molecule has 0 aromatic heterocycles. The number of hydrogen-bond donors (Lipinski definition) is 1. The molecule has 0 saturated carbocycles. The molecule has 0 saturated heterocycles. The van der Waals surface area contributed by atoms with Crippen molar-refractivity contribution in [3.8, 4) is 0 Å². The Hall–Kier alpha value is -0.296. The van der Waals surface area contributed by atoms with E-state index in [4.69, 9.17) is 5.11 Å². The van der Waals surface area contributed by atoms with Crippen molar-refractivity contribution in [2.24, 2.45) is 0 Å².